The summed E-state index contributed by atoms with van der Waals surface area (Å²) in [4.78, 5) is 49.2. The smallest absolute Gasteiger partial charge is 0.335 e. The fraction of sp³-hybridized carbons (Fsp3) is 0.115. The quantitative estimate of drug-likeness (QED) is 0.167. The molecule has 0 bridgehead atoms. The van der Waals surface area contributed by atoms with Crippen molar-refractivity contribution in [2.75, 3.05) is 18.1 Å². The number of carbonyl (C=O) groups excluding carboxylic acids is 3. The SMILES string of the molecule is Cc1cccc(N2C(=O)NC(=O)/C(=C\c3ccccc3OCCOc3ccc([N+](=O)[O-])cc3)C2=O)c1. The highest BCUT2D eigenvalue weighted by atomic mass is 16.6. The lowest BCUT2D eigenvalue weighted by Crippen LogP contribution is -2.54. The highest BCUT2D eigenvalue weighted by Crippen LogP contribution is 2.26. The molecule has 4 amide bonds. The molecule has 0 saturated carbocycles. The van der Waals surface area contributed by atoms with Crippen LogP contribution in [0.5, 0.6) is 11.5 Å². The van der Waals surface area contributed by atoms with Crippen molar-refractivity contribution in [3.05, 3.63) is 99.6 Å². The van der Waals surface area contributed by atoms with Crippen molar-refractivity contribution in [2.45, 2.75) is 6.92 Å². The van der Waals surface area contributed by atoms with Crippen molar-refractivity contribution in [1.82, 2.24) is 5.32 Å². The zero-order chi connectivity index (χ0) is 25.7. The number of ether oxygens (including phenoxy) is 2. The lowest BCUT2D eigenvalue weighted by molar-refractivity contribution is -0.384. The van der Waals surface area contributed by atoms with E-state index in [1.54, 1.807) is 42.5 Å². The molecule has 182 valence electrons. The minimum atomic E-state index is -0.819. The number of hydrogen-bond acceptors (Lipinski definition) is 7. The molecule has 1 aliphatic heterocycles. The topological polar surface area (TPSA) is 128 Å². The first-order valence-corrected chi connectivity index (χ1v) is 10.9. The van der Waals surface area contributed by atoms with Gasteiger partial charge in [-0.3, -0.25) is 25.0 Å². The van der Waals surface area contributed by atoms with Gasteiger partial charge in [-0.1, -0.05) is 30.3 Å². The van der Waals surface area contributed by atoms with Gasteiger partial charge in [0.15, 0.2) is 0 Å². The maximum absolute atomic E-state index is 13.1. The van der Waals surface area contributed by atoms with E-state index in [0.29, 0.717) is 22.7 Å². The molecule has 0 aliphatic carbocycles. The highest BCUT2D eigenvalue weighted by Gasteiger charge is 2.37. The minimum absolute atomic E-state index is 0.0375. The zero-order valence-corrected chi connectivity index (χ0v) is 19.2. The molecule has 3 aromatic carbocycles. The standard InChI is InChI=1S/C26H21N3O7/c1-17-5-4-7-20(15-17)28-25(31)22(24(30)27-26(28)32)16-18-6-2-3-8-23(18)36-14-13-35-21-11-9-19(10-12-21)29(33)34/h2-12,15-16H,13-14H2,1H3,(H,27,30,32)/b22-16+. The van der Waals surface area contributed by atoms with Crippen LogP contribution in [0, 0.1) is 17.0 Å². The van der Waals surface area contributed by atoms with E-state index >= 15 is 0 Å². The number of imide groups is 2. The molecule has 0 spiro atoms. The number of aryl methyl sites for hydroxylation is 1. The number of rotatable bonds is 8. The number of carbonyl (C=O) groups is 3. The fourth-order valence-corrected chi connectivity index (χ4v) is 3.52. The maximum Gasteiger partial charge on any atom is 0.335 e. The third-order valence-electron chi connectivity index (χ3n) is 5.24. The Kier molecular flexibility index (Phi) is 7.05. The van der Waals surface area contributed by atoms with Crippen molar-refractivity contribution >= 4 is 35.3 Å². The van der Waals surface area contributed by atoms with E-state index in [9.17, 15) is 24.5 Å². The van der Waals surface area contributed by atoms with Gasteiger partial charge in [-0.05, 0) is 48.9 Å². The number of nitro groups is 1. The average Bonchev–Trinajstić information content (AvgIpc) is 2.85. The van der Waals surface area contributed by atoms with Gasteiger partial charge in [0.1, 0.15) is 30.3 Å². The predicted molar refractivity (Wildman–Crippen MR) is 131 cm³/mol. The summed E-state index contributed by atoms with van der Waals surface area (Å²) in [6, 6.07) is 18.5. The number of urea groups is 1. The van der Waals surface area contributed by atoms with Crippen LogP contribution < -0.4 is 19.7 Å². The second-order valence-electron chi connectivity index (χ2n) is 7.78. The number of hydrogen-bond donors (Lipinski definition) is 1. The van der Waals surface area contributed by atoms with Crippen LogP contribution in [0.15, 0.2) is 78.4 Å². The number of anilines is 1. The van der Waals surface area contributed by atoms with E-state index < -0.39 is 22.8 Å². The number of amides is 4. The lowest BCUT2D eigenvalue weighted by Gasteiger charge is -2.26. The summed E-state index contributed by atoms with van der Waals surface area (Å²) in [5, 5.41) is 12.9. The third-order valence-corrected chi connectivity index (χ3v) is 5.24. The number of non-ortho nitro benzene ring substituents is 1. The predicted octanol–water partition coefficient (Wildman–Crippen LogP) is 4.03. The normalized spacial score (nSPS) is 14.5. The molecule has 4 rings (SSSR count). The Bertz CT molecular complexity index is 1370. The van der Waals surface area contributed by atoms with Crippen molar-refractivity contribution < 1.29 is 28.8 Å². The minimum Gasteiger partial charge on any atom is -0.490 e. The Hall–Kier alpha value is -4.99. The van der Waals surface area contributed by atoms with Gasteiger partial charge >= 0.3 is 6.03 Å². The molecule has 36 heavy (non-hydrogen) atoms. The Morgan fingerprint density at radius 3 is 2.39 bits per heavy atom. The van der Waals surface area contributed by atoms with E-state index in [1.807, 2.05) is 13.0 Å². The van der Waals surface area contributed by atoms with Gasteiger partial charge in [0.05, 0.1) is 10.6 Å². The molecule has 1 saturated heterocycles. The summed E-state index contributed by atoms with van der Waals surface area (Å²) >= 11 is 0. The molecule has 0 aromatic heterocycles. The largest absolute Gasteiger partial charge is 0.490 e. The van der Waals surface area contributed by atoms with Crippen LogP contribution in [0.2, 0.25) is 0 Å². The van der Waals surface area contributed by atoms with Crippen molar-refractivity contribution in [3.63, 3.8) is 0 Å². The molecule has 1 N–H and O–H groups in total. The molecule has 0 unspecified atom stereocenters. The van der Waals surface area contributed by atoms with E-state index in [4.69, 9.17) is 9.47 Å². The van der Waals surface area contributed by atoms with Gasteiger partial charge in [-0.15, -0.1) is 0 Å². The first-order valence-electron chi connectivity index (χ1n) is 10.9. The molecule has 3 aromatic rings. The summed E-state index contributed by atoms with van der Waals surface area (Å²) in [6.07, 6.45) is 1.37. The molecule has 1 aliphatic rings. The lowest BCUT2D eigenvalue weighted by atomic mass is 10.1. The molecule has 10 heteroatoms. The molecule has 10 nitrogen and oxygen atoms in total. The Labute approximate surface area is 205 Å². The molecular weight excluding hydrogens is 466 g/mol. The summed E-state index contributed by atoms with van der Waals surface area (Å²) < 4.78 is 11.3. The van der Waals surface area contributed by atoms with Crippen molar-refractivity contribution in [3.8, 4) is 11.5 Å². The number of nitrogens with zero attached hydrogens (tertiary/aromatic N) is 2. The zero-order valence-electron chi connectivity index (χ0n) is 19.2. The summed E-state index contributed by atoms with van der Waals surface area (Å²) in [6.45, 7) is 2.11. The number of para-hydroxylation sites is 1. The van der Waals surface area contributed by atoms with Crippen LogP contribution in [0.25, 0.3) is 6.08 Å². The second kappa shape index (κ2) is 10.5. The Balaban J connectivity index is 1.47. The van der Waals surface area contributed by atoms with Gasteiger partial charge in [-0.2, -0.15) is 0 Å². The number of benzene rings is 3. The Morgan fingerprint density at radius 2 is 1.67 bits per heavy atom. The molecule has 0 atom stereocenters. The van der Waals surface area contributed by atoms with Crippen LogP contribution in [-0.2, 0) is 9.59 Å². The monoisotopic (exact) mass is 487 g/mol. The van der Waals surface area contributed by atoms with Gasteiger partial charge in [0.2, 0.25) is 0 Å². The first-order chi connectivity index (χ1) is 17.3. The molecule has 1 heterocycles. The van der Waals surface area contributed by atoms with Gasteiger partial charge < -0.3 is 9.47 Å². The van der Waals surface area contributed by atoms with Gasteiger partial charge in [0.25, 0.3) is 17.5 Å². The molecule has 1 fully saturated rings. The van der Waals surface area contributed by atoms with E-state index in [-0.39, 0.29) is 24.5 Å². The second-order valence-corrected chi connectivity index (χ2v) is 7.78. The van der Waals surface area contributed by atoms with Crippen LogP contribution in [0.1, 0.15) is 11.1 Å². The van der Waals surface area contributed by atoms with Gasteiger partial charge in [0, 0.05) is 17.7 Å². The van der Waals surface area contributed by atoms with E-state index in [2.05, 4.69) is 5.32 Å². The van der Waals surface area contributed by atoms with E-state index in [1.165, 1.54) is 30.3 Å². The fourth-order valence-electron chi connectivity index (χ4n) is 3.52. The number of nitro benzene ring substituents is 1. The number of barbiturate groups is 1. The van der Waals surface area contributed by atoms with E-state index in [0.717, 1.165) is 10.5 Å². The van der Waals surface area contributed by atoms with Crippen LogP contribution >= 0.6 is 0 Å². The first kappa shape index (κ1) is 24.1. The highest BCUT2D eigenvalue weighted by molar-refractivity contribution is 6.39. The van der Waals surface area contributed by atoms with Crippen LogP contribution in [0.4, 0.5) is 16.2 Å². The third kappa shape index (κ3) is 5.39. The van der Waals surface area contributed by atoms with Crippen molar-refractivity contribution in [2.24, 2.45) is 0 Å². The Morgan fingerprint density at radius 1 is 0.944 bits per heavy atom. The molecule has 0 radical (unpaired) electrons. The molecular formula is C26H21N3O7. The van der Waals surface area contributed by atoms with Crippen LogP contribution in [-0.4, -0.2) is 36.0 Å². The summed E-state index contributed by atoms with van der Waals surface area (Å²) in [5.74, 6) is -0.697. The maximum atomic E-state index is 13.1. The average molecular weight is 487 g/mol. The van der Waals surface area contributed by atoms with Gasteiger partial charge in [-0.25, -0.2) is 9.69 Å². The summed E-state index contributed by atoms with van der Waals surface area (Å²) in [7, 11) is 0. The van der Waals surface area contributed by atoms with Crippen molar-refractivity contribution in [1.29, 1.82) is 0 Å². The van der Waals surface area contributed by atoms with Crippen LogP contribution in [0.3, 0.4) is 0 Å². The summed E-state index contributed by atoms with van der Waals surface area (Å²) in [5.41, 5.74) is 1.41. The number of nitrogens with one attached hydrogen (secondary N) is 1.